The number of hydrogen-bond donors (Lipinski definition) is 0. The summed E-state index contributed by atoms with van der Waals surface area (Å²) in [5.74, 6) is 0.876. The predicted octanol–water partition coefficient (Wildman–Crippen LogP) is 2.66. The van der Waals surface area contributed by atoms with E-state index in [2.05, 4.69) is 11.1 Å². The van der Waals surface area contributed by atoms with E-state index in [0.717, 1.165) is 29.9 Å². The van der Waals surface area contributed by atoms with E-state index in [-0.39, 0.29) is 0 Å². The summed E-state index contributed by atoms with van der Waals surface area (Å²) < 4.78 is 0. The second-order valence-electron chi connectivity index (χ2n) is 2.29. The van der Waals surface area contributed by atoms with Gasteiger partial charge in [-0.05, 0) is 23.6 Å². The summed E-state index contributed by atoms with van der Waals surface area (Å²) in [7, 11) is 3.35. The summed E-state index contributed by atoms with van der Waals surface area (Å²) in [6, 6.07) is 0. The first-order valence-corrected chi connectivity index (χ1v) is 6.21. The van der Waals surface area contributed by atoms with Crippen molar-refractivity contribution in [3.8, 4) is 0 Å². The van der Waals surface area contributed by atoms with Crippen molar-refractivity contribution in [2.75, 3.05) is 5.75 Å². The van der Waals surface area contributed by atoms with Crippen molar-refractivity contribution >= 4 is 34.1 Å². The molecule has 0 aromatic carbocycles. The molecule has 0 radical (unpaired) electrons. The largest absolute Gasteiger partial charge is 0.303 e. The molecule has 0 fully saturated rings. The number of hydrogen-bond acceptors (Lipinski definition) is 4. The molecule has 0 amide bonds. The molecule has 0 aliphatic carbocycles. The van der Waals surface area contributed by atoms with Gasteiger partial charge in [0.25, 0.3) is 0 Å². The van der Waals surface area contributed by atoms with Crippen molar-refractivity contribution < 1.29 is 4.79 Å². The number of rotatable bonds is 5. The van der Waals surface area contributed by atoms with Crippen LogP contribution in [0.2, 0.25) is 0 Å². The highest BCUT2D eigenvalue weighted by Gasteiger charge is 1.99. The second-order valence-corrected chi connectivity index (χ2v) is 4.73. The van der Waals surface area contributed by atoms with Crippen molar-refractivity contribution in [3.63, 3.8) is 0 Å². The summed E-state index contributed by atoms with van der Waals surface area (Å²) in [5, 5.41) is 1.08. The molecule has 1 rings (SSSR count). The Bertz CT molecular complexity index is 201. The number of aliphatic imine (C=N–C) groups is 1. The molecule has 0 saturated heterocycles. The van der Waals surface area contributed by atoms with Crippen LogP contribution in [0.25, 0.3) is 0 Å². The number of nitrogens with zero attached hydrogens (tertiary/aromatic N) is 1. The van der Waals surface area contributed by atoms with Gasteiger partial charge in [0.1, 0.15) is 11.3 Å². The second kappa shape index (κ2) is 6.31. The fourth-order valence-electron chi connectivity index (χ4n) is 0.742. The van der Waals surface area contributed by atoms with E-state index >= 15 is 0 Å². The van der Waals surface area contributed by atoms with Gasteiger partial charge in [-0.25, -0.2) is 0 Å². The SMILES string of the molecule is O=CCCSSC1=CCCC=N1. The maximum absolute atomic E-state index is 9.99. The molecule has 0 aromatic heterocycles. The van der Waals surface area contributed by atoms with Crippen LogP contribution in [0.4, 0.5) is 0 Å². The quantitative estimate of drug-likeness (QED) is 0.389. The minimum atomic E-state index is 0.634. The Balaban J connectivity index is 2.10. The lowest BCUT2D eigenvalue weighted by molar-refractivity contribution is -0.107. The van der Waals surface area contributed by atoms with E-state index in [9.17, 15) is 4.79 Å². The zero-order valence-electron chi connectivity index (χ0n) is 6.73. The van der Waals surface area contributed by atoms with Crippen LogP contribution in [-0.2, 0) is 4.79 Å². The summed E-state index contributed by atoms with van der Waals surface area (Å²) in [6.45, 7) is 0. The van der Waals surface area contributed by atoms with Gasteiger partial charge < -0.3 is 4.79 Å². The van der Waals surface area contributed by atoms with Crippen molar-refractivity contribution in [2.24, 2.45) is 4.99 Å². The normalized spacial score (nSPS) is 15.8. The van der Waals surface area contributed by atoms with Crippen LogP contribution in [0, 0.1) is 0 Å². The van der Waals surface area contributed by atoms with Crippen molar-refractivity contribution in [1.29, 1.82) is 0 Å². The van der Waals surface area contributed by atoms with E-state index in [0.29, 0.717) is 6.42 Å². The van der Waals surface area contributed by atoms with Gasteiger partial charge in [0.05, 0.1) is 0 Å². The molecular formula is C8H11NOS2. The first-order chi connectivity index (χ1) is 5.93. The van der Waals surface area contributed by atoms with Crippen LogP contribution in [0.5, 0.6) is 0 Å². The molecule has 0 aromatic rings. The third kappa shape index (κ3) is 3.97. The predicted molar refractivity (Wildman–Crippen MR) is 56.5 cm³/mol. The number of allylic oxidation sites excluding steroid dienone is 1. The van der Waals surface area contributed by atoms with Gasteiger partial charge in [0.2, 0.25) is 0 Å². The Labute approximate surface area is 80.3 Å². The van der Waals surface area contributed by atoms with Gasteiger partial charge in [0.15, 0.2) is 0 Å². The average Bonchev–Trinajstić information content (AvgIpc) is 2.14. The summed E-state index contributed by atoms with van der Waals surface area (Å²) in [4.78, 5) is 14.2. The summed E-state index contributed by atoms with van der Waals surface area (Å²) in [5.41, 5.74) is 0. The van der Waals surface area contributed by atoms with E-state index in [1.54, 1.807) is 21.6 Å². The lowest BCUT2D eigenvalue weighted by atomic mass is 10.3. The minimum absolute atomic E-state index is 0.634. The minimum Gasteiger partial charge on any atom is -0.303 e. The lowest BCUT2D eigenvalue weighted by Crippen LogP contribution is -1.84. The molecule has 0 bridgehead atoms. The fraction of sp³-hybridized carbons (Fsp3) is 0.500. The highest BCUT2D eigenvalue weighted by atomic mass is 33.1. The highest BCUT2D eigenvalue weighted by Crippen LogP contribution is 2.32. The molecular weight excluding hydrogens is 190 g/mol. The Morgan fingerprint density at radius 2 is 2.50 bits per heavy atom. The highest BCUT2D eigenvalue weighted by molar-refractivity contribution is 8.78. The molecule has 1 aliphatic heterocycles. The Morgan fingerprint density at radius 3 is 3.17 bits per heavy atom. The zero-order valence-corrected chi connectivity index (χ0v) is 8.37. The van der Waals surface area contributed by atoms with Gasteiger partial charge in [-0.3, -0.25) is 4.99 Å². The lowest BCUT2D eigenvalue weighted by Gasteiger charge is -2.03. The Hall–Kier alpha value is -0.220. The van der Waals surface area contributed by atoms with E-state index in [1.807, 2.05) is 6.21 Å². The molecule has 0 N–H and O–H groups in total. The van der Waals surface area contributed by atoms with Crippen LogP contribution in [0.1, 0.15) is 19.3 Å². The van der Waals surface area contributed by atoms with Crippen LogP contribution >= 0.6 is 21.6 Å². The maximum Gasteiger partial charge on any atom is 0.120 e. The molecule has 4 heteroatoms. The Morgan fingerprint density at radius 1 is 1.58 bits per heavy atom. The van der Waals surface area contributed by atoms with E-state index < -0.39 is 0 Å². The first-order valence-electron chi connectivity index (χ1n) is 3.89. The van der Waals surface area contributed by atoms with Crippen molar-refractivity contribution in [1.82, 2.24) is 0 Å². The van der Waals surface area contributed by atoms with Crippen LogP contribution in [0.15, 0.2) is 16.1 Å². The first kappa shape index (κ1) is 9.86. The molecule has 0 unspecified atom stereocenters. The zero-order chi connectivity index (χ0) is 8.65. The number of aldehydes is 1. The van der Waals surface area contributed by atoms with E-state index in [1.165, 1.54) is 0 Å². The molecule has 1 aliphatic rings. The molecule has 0 saturated carbocycles. The standard InChI is InChI=1S/C8H11NOS2/c10-6-3-7-11-12-8-4-1-2-5-9-8/h4-6H,1-3,7H2. The number of carbonyl (C=O) groups is 1. The fourth-order valence-corrected chi connectivity index (χ4v) is 2.68. The van der Waals surface area contributed by atoms with Gasteiger partial charge >= 0.3 is 0 Å². The average molecular weight is 201 g/mol. The number of carbonyl (C=O) groups excluding carboxylic acids is 1. The molecule has 1 heterocycles. The molecule has 12 heavy (non-hydrogen) atoms. The monoisotopic (exact) mass is 201 g/mol. The molecule has 0 spiro atoms. The van der Waals surface area contributed by atoms with E-state index in [4.69, 9.17) is 0 Å². The Kier molecular flexibility index (Phi) is 5.19. The van der Waals surface area contributed by atoms with Crippen LogP contribution < -0.4 is 0 Å². The van der Waals surface area contributed by atoms with Gasteiger partial charge in [-0.15, -0.1) is 0 Å². The molecule has 66 valence electrons. The van der Waals surface area contributed by atoms with Crippen molar-refractivity contribution in [3.05, 3.63) is 11.1 Å². The topological polar surface area (TPSA) is 29.4 Å². The van der Waals surface area contributed by atoms with Crippen LogP contribution in [0.3, 0.4) is 0 Å². The summed E-state index contributed by atoms with van der Waals surface area (Å²) >= 11 is 0. The van der Waals surface area contributed by atoms with Gasteiger partial charge in [-0.2, -0.15) is 0 Å². The maximum atomic E-state index is 9.99. The van der Waals surface area contributed by atoms with Crippen LogP contribution in [-0.4, -0.2) is 18.3 Å². The molecule has 0 atom stereocenters. The molecule has 2 nitrogen and oxygen atoms in total. The van der Waals surface area contributed by atoms with Gasteiger partial charge in [-0.1, -0.05) is 16.9 Å². The summed E-state index contributed by atoms with van der Waals surface area (Å²) in [6.07, 6.45) is 7.82. The van der Waals surface area contributed by atoms with Gasteiger partial charge in [0, 0.05) is 18.4 Å². The van der Waals surface area contributed by atoms with Crippen molar-refractivity contribution in [2.45, 2.75) is 19.3 Å². The smallest absolute Gasteiger partial charge is 0.120 e. The third-order valence-corrected chi connectivity index (χ3v) is 3.63. The third-order valence-electron chi connectivity index (χ3n) is 1.30.